The van der Waals surface area contributed by atoms with Crippen molar-refractivity contribution in [2.45, 2.75) is 13.0 Å². The van der Waals surface area contributed by atoms with Crippen LogP contribution in [0.1, 0.15) is 17.4 Å². The number of rotatable bonds is 5. The maximum absolute atomic E-state index is 12.6. The van der Waals surface area contributed by atoms with Crippen molar-refractivity contribution in [3.63, 3.8) is 0 Å². The van der Waals surface area contributed by atoms with Crippen molar-refractivity contribution < 1.29 is 14.3 Å². The monoisotopic (exact) mass is 473 g/mol. The molecule has 0 spiro atoms. The number of methoxy groups -OCH3 is 1. The minimum Gasteiger partial charge on any atom is -0.494 e. The van der Waals surface area contributed by atoms with Crippen LogP contribution in [0.2, 0.25) is 0 Å². The summed E-state index contributed by atoms with van der Waals surface area (Å²) in [5, 5.41) is 13.4. The van der Waals surface area contributed by atoms with Crippen LogP contribution in [0.15, 0.2) is 40.9 Å². The number of carbonyl (C=O) groups excluding carboxylic acids is 2. The van der Waals surface area contributed by atoms with Crippen LogP contribution >= 0.6 is 27.3 Å². The quantitative estimate of drug-likeness (QED) is 0.409. The zero-order valence-electron chi connectivity index (χ0n) is 15.4. The van der Waals surface area contributed by atoms with E-state index in [0.29, 0.717) is 21.8 Å². The molecule has 0 saturated heterocycles. The van der Waals surface area contributed by atoms with Crippen LogP contribution in [0, 0.1) is 0 Å². The number of hydrogen-bond acceptors (Lipinski definition) is 6. The molecule has 1 atom stereocenters. The summed E-state index contributed by atoms with van der Waals surface area (Å²) in [6.07, 6.45) is 0. The summed E-state index contributed by atoms with van der Waals surface area (Å²) in [5.41, 5.74) is 1.65. The average molecular weight is 474 g/mol. The van der Waals surface area contributed by atoms with Gasteiger partial charge in [0, 0.05) is 9.86 Å². The van der Waals surface area contributed by atoms with Crippen LogP contribution in [-0.4, -0.2) is 40.1 Å². The van der Waals surface area contributed by atoms with Gasteiger partial charge in [0.05, 0.1) is 17.3 Å². The standard InChI is InChI=1S/C19H16BrN5O3S/c1-9(21-18(27)14-10-5-3-4-6-12(10)24-25-14)17(26)23-19-22-15-13(28-2)8-7-11(20)16(15)29-19/h3-9H,1-2H3,(H,21,27)(H,24,25)(H,22,23,26). The smallest absolute Gasteiger partial charge is 0.273 e. The van der Waals surface area contributed by atoms with Crippen LogP contribution in [0.25, 0.3) is 21.1 Å². The molecule has 2 heterocycles. The average Bonchev–Trinajstić information content (AvgIpc) is 3.33. The Kier molecular flexibility index (Phi) is 5.20. The number of halogens is 1. The molecule has 0 saturated carbocycles. The van der Waals surface area contributed by atoms with Crippen molar-refractivity contribution in [2.75, 3.05) is 12.4 Å². The molecular formula is C19H16BrN5O3S. The van der Waals surface area contributed by atoms with Crippen LogP contribution in [0.4, 0.5) is 5.13 Å². The lowest BCUT2D eigenvalue weighted by Crippen LogP contribution is -2.41. The second-order valence-corrected chi connectivity index (χ2v) is 8.10. The molecular weight excluding hydrogens is 458 g/mol. The molecule has 0 aliphatic rings. The highest BCUT2D eigenvalue weighted by Crippen LogP contribution is 2.37. The Morgan fingerprint density at radius 1 is 1.24 bits per heavy atom. The van der Waals surface area contributed by atoms with E-state index in [0.717, 1.165) is 14.7 Å². The van der Waals surface area contributed by atoms with Gasteiger partial charge >= 0.3 is 0 Å². The van der Waals surface area contributed by atoms with Crippen molar-refractivity contribution in [3.05, 3.63) is 46.6 Å². The number of thiazole rings is 1. The Morgan fingerprint density at radius 2 is 2.03 bits per heavy atom. The van der Waals surface area contributed by atoms with Gasteiger partial charge in [0.25, 0.3) is 5.91 Å². The third-order valence-corrected chi connectivity index (χ3v) is 6.26. The molecule has 4 rings (SSSR count). The van der Waals surface area contributed by atoms with Crippen molar-refractivity contribution in [2.24, 2.45) is 0 Å². The van der Waals surface area contributed by atoms with E-state index in [4.69, 9.17) is 4.74 Å². The Balaban J connectivity index is 1.49. The predicted octanol–water partition coefficient (Wildman–Crippen LogP) is 3.70. The molecule has 3 N–H and O–H groups in total. The van der Waals surface area contributed by atoms with E-state index in [1.165, 1.54) is 11.3 Å². The molecule has 2 aromatic carbocycles. The Hall–Kier alpha value is -2.98. The number of hydrogen-bond donors (Lipinski definition) is 3. The molecule has 8 nitrogen and oxygen atoms in total. The molecule has 0 aliphatic heterocycles. The molecule has 0 bridgehead atoms. The van der Waals surface area contributed by atoms with Crippen LogP contribution in [0.3, 0.4) is 0 Å². The zero-order valence-corrected chi connectivity index (χ0v) is 17.8. The van der Waals surface area contributed by atoms with Gasteiger partial charge in [-0.2, -0.15) is 5.10 Å². The number of amides is 2. The summed E-state index contributed by atoms with van der Waals surface area (Å²) < 4.78 is 7.04. The van der Waals surface area contributed by atoms with Crippen molar-refractivity contribution in [1.82, 2.24) is 20.5 Å². The van der Waals surface area contributed by atoms with Crippen molar-refractivity contribution >= 4 is 65.3 Å². The zero-order chi connectivity index (χ0) is 20.5. The molecule has 4 aromatic rings. The van der Waals surface area contributed by atoms with Gasteiger partial charge in [-0.05, 0) is 41.1 Å². The number of H-pyrrole nitrogens is 1. The van der Waals surface area contributed by atoms with E-state index >= 15 is 0 Å². The number of aromatic nitrogens is 3. The maximum atomic E-state index is 12.6. The fraction of sp³-hybridized carbons (Fsp3) is 0.158. The highest BCUT2D eigenvalue weighted by atomic mass is 79.9. The number of ether oxygens (including phenoxy) is 1. The molecule has 10 heteroatoms. The maximum Gasteiger partial charge on any atom is 0.273 e. The number of fused-ring (bicyclic) bond motifs is 2. The molecule has 29 heavy (non-hydrogen) atoms. The summed E-state index contributed by atoms with van der Waals surface area (Å²) in [7, 11) is 1.57. The molecule has 148 valence electrons. The molecule has 0 aliphatic carbocycles. The minimum absolute atomic E-state index is 0.244. The molecule has 2 amide bonds. The number of nitrogens with one attached hydrogen (secondary N) is 3. The third-order valence-electron chi connectivity index (χ3n) is 4.33. The van der Waals surface area contributed by atoms with E-state index in [2.05, 4.69) is 41.7 Å². The Bertz CT molecular complexity index is 1240. The first-order valence-corrected chi connectivity index (χ1v) is 10.3. The largest absolute Gasteiger partial charge is 0.494 e. The Labute approximate surface area is 177 Å². The lowest BCUT2D eigenvalue weighted by atomic mass is 10.2. The lowest BCUT2D eigenvalue weighted by Gasteiger charge is -2.12. The van der Waals surface area contributed by atoms with Crippen molar-refractivity contribution in [3.8, 4) is 5.75 Å². The van der Waals surface area contributed by atoms with Gasteiger partial charge in [-0.3, -0.25) is 14.7 Å². The first kappa shape index (κ1) is 19.3. The van der Waals surface area contributed by atoms with E-state index in [-0.39, 0.29) is 11.6 Å². The summed E-state index contributed by atoms with van der Waals surface area (Å²) >= 11 is 4.80. The van der Waals surface area contributed by atoms with Crippen LogP contribution in [0.5, 0.6) is 5.75 Å². The summed E-state index contributed by atoms with van der Waals surface area (Å²) in [4.78, 5) is 29.6. The van der Waals surface area contributed by atoms with Gasteiger partial charge in [-0.15, -0.1) is 0 Å². The van der Waals surface area contributed by atoms with Gasteiger partial charge < -0.3 is 15.4 Å². The summed E-state index contributed by atoms with van der Waals surface area (Å²) in [6.45, 7) is 1.60. The number of aromatic amines is 1. The summed E-state index contributed by atoms with van der Waals surface area (Å²) in [6, 6.07) is 10.2. The molecule has 2 aromatic heterocycles. The van der Waals surface area contributed by atoms with Crippen LogP contribution < -0.4 is 15.4 Å². The van der Waals surface area contributed by atoms with E-state index in [1.807, 2.05) is 24.3 Å². The molecule has 1 unspecified atom stereocenters. The van der Waals surface area contributed by atoms with E-state index in [1.54, 1.807) is 26.2 Å². The first-order chi connectivity index (χ1) is 14.0. The van der Waals surface area contributed by atoms with E-state index in [9.17, 15) is 9.59 Å². The minimum atomic E-state index is -0.782. The summed E-state index contributed by atoms with van der Waals surface area (Å²) in [5.74, 6) is -0.196. The van der Waals surface area contributed by atoms with E-state index < -0.39 is 11.9 Å². The van der Waals surface area contributed by atoms with Crippen LogP contribution in [-0.2, 0) is 4.79 Å². The first-order valence-electron chi connectivity index (χ1n) is 8.66. The van der Waals surface area contributed by atoms with Gasteiger partial charge in [0.1, 0.15) is 17.3 Å². The van der Waals surface area contributed by atoms with Gasteiger partial charge in [0.2, 0.25) is 5.91 Å². The Morgan fingerprint density at radius 3 is 2.83 bits per heavy atom. The highest BCUT2D eigenvalue weighted by molar-refractivity contribution is 9.10. The van der Waals surface area contributed by atoms with Gasteiger partial charge in [0.15, 0.2) is 10.8 Å². The molecule has 0 radical (unpaired) electrons. The second-order valence-electron chi connectivity index (χ2n) is 6.25. The second kappa shape index (κ2) is 7.80. The number of anilines is 1. The molecule has 0 fully saturated rings. The van der Waals surface area contributed by atoms with Gasteiger partial charge in [-0.1, -0.05) is 29.5 Å². The van der Waals surface area contributed by atoms with Gasteiger partial charge in [-0.25, -0.2) is 4.98 Å². The number of para-hydroxylation sites is 1. The predicted molar refractivity (Wildman–Crippen MR) is 116 cm³/mol. The SMILES string of the molecule is COc1ccc(Br)c2sc(NC(=O)C(C)NC(=O)c3n[nH]c4ccccc34)nc12. The normalized spacial score (nSPS) is 12.1. The fourth-order valence-corrected chi connectivity index (χ4v) is 4.30. The number of carbonyl (C=O) groups is 2. The highest BCUT2D eigenvalue weighted by Gasteiger charge is 2.21. The fourth-order valence-electron chi connectivity index (χ4n) is 2.85. The topological polar surface area (TPSA) is 109 Å². The van der Waals surface area contributed by atoms with Crippen molar-refractivity contribution in [1.29, 1.82) is 0 Å². The number of nitrogens with zero attached hydrogens (tertiary/aromatic N) is 2. The third kappa shape index (κ3) is 3.68. The number of benzene rings is 2. The lowest BCUT2D eigenvalue weighted by molar-refractivity contribution is -0.117.